The van der Waals surface area contributed by atoms with Gasteiger partial charge in [-0.2, -0.15) is 0 Å². The maximum atomic E-state index is 10.8. The fourth-order valence-electron chi connectivity index (χ4n) is 1.27. The van der Waals surface area contributed by atoms with Crippen molar-refractivity contribution in [1.82, 2.24) is 10.6 Å². The van der Waals surface area contributed by atoms with E-state index in [0.29, 0.717) is 11.8 Å². The summed E-state index contributed by atoms with van der Waals surface area (Å²) in [5, 5.41) is 5.84. The Bertz CT molecular complexity index is 178. The van der Waals surface area contributed by atoms with Crippen LogP contribution in [0.15, 0.2) is 0 Å². The van der Waals surface area contributed by atoms with Gasteiger partial charge in [-0.3, -0.25) is 4.79 Å². The quantitative estimate of drug-likeness (QED) is 0.582. The van der Waals surface area contributed by atoms with Gasteiger partial charge in [0.1, 0.15) is 0 Å². The number of ether oxygens (including phenoxy) is 1. The van der Waals surface area contributed by atoms with Crippen LogP contribution in [0.25, 0.3) is 0 Å². The van der Waals surface area contributed by atoms with Crippen LogP contribution in [0.2, 0.25) is 0 Å². The van der Waals surface area contributed by atoms with Crippen LogP contribution in [0.1, 0.15) is 13.3 Å². The molecule has 0 aromatic heterocycles. The summed E-state index contributed by atoms with van der Waals surface area (Å²) >= 11 is 0. The number of nitrogens with one attached hydrogen (secondary N) is 2. The third-order valence-electron chi connectivity index (χ3n) is 2.26. The fraction of sp³-hybridized carbons (Fsp3) is 0.889. The van der Waals surface area contributed by atoms with Gasteiger partial charge in [-0.05, 0) is 0 Å². The van der Waals surface area contributed by atoms with E-state index in [1.54, 1.807) is 7.05 Å². The van der Waals surface area contributed by atoms with Gasteiger partial charge >= 0.3 is 0 Å². The summed E-state index contributed by atoms with van der Waals surface area (Å²) < 4.78 is 5.12. The van der Waals surface area contributed by atoms with Gasteiger partial charge in [-0.25, -0.2) is 0 Å². The van der Waals surface area contributed by atoms with Crippen LogP contribution in [0, 0.1) is 5.41 Å². The Hall–Kier alpha value is -0.610. The second kappa shape index (κ2) is 4.58. The smallest absolute Gasteiger partial charge is 0.221 e. The second-order valence-corrected chi connectivity index (χ2v) is 3.90. The molecule has 0 unspecified atom stereocenters. The highest BCUT2D eigenvalue weighted by atomic mass is 16.5. The van der Waals surface area contributed by atoms with E-state index in [9.17, 15) is 4.79 Å². The molecule has 1 rings (SSSR count). The Balaban J connectivity index is 1.98. The summed E-state index contributed by atoms with van der Waals surface area (Å²) in [6.45, 7) is 5.53. The van der Waals surface area contributed by atoms with Crippen LogP contribution in [0.3, 0.4) is 0 Å². The number of carbonyl (C=O) groups excluding carboxylic acids is 1. The summed E-state index contributed by atoms with van der Waals surface area (Å²) in [6.07, 6.45) is 0.549. The predicted octanol–water partition coefficient (Wildman–Crippen LogP) is -0.251. The molecule has 0 atom stereocenters. The average molecular weight is 186 g/mol. The molecule has 0 aromatic rings. The topological polar surface area (TPSA) is 50.4 Å². The maximum Gasteiger partial charge on any atom is 0.221 e. The Labute approximate surface area is 79.0 Å². The molecule has 4 heteroatoms. The molecule has 0 spiro atoms. The van der Waals surface area contributed by atoms with Gasteiger partial charge in [-0.1, -0.05) is 6.92 Å². The van der Waals surface area contributed by atoms with Crippen molar-refractivity contribution in [3.05, 3.63) is 0 Å². The van der Waals surface area contributed by atoms with Crippen LogP contribution in [-0.4, -0.2) is 39.3 Å². The van der Waals surface area contributed by atoms with Gasteiger partial charge in [0.2, 0.25) is 5.91 Å². The van der Waals surface area contributed by atoms with E-state index in [1.807, 2.05) is 0 Å². The van der Waals surface area contributed by atoms with Crippen molar-refractivity contribution in [1.29, 1.82) is 0 Å². The van der Waals surface area contributed by atoms with Gasteiger partial charge in [0.05, 0.1) is 13.2 Å². The molecule has 0 bridgehead atoms. The maximum absolute atomic E-state index is 10.8. The van der Waals surface area contributed by atoms with Crippen molar-refractivity contribution in [2.45, 2.75) is 13.3 Å². The van der Waals surface area contributed by atoms with E-state index in [2.05, 4.69) is 17.6 Å². The molecule has 1 aliphatic rings. The second-order valence-electron chi connectivity index (χ2n) is 3.90. The Morgan fingerprint density at radius 1 is 1.54 bits per heavy atom. The van der Waals surface area contributed by atoms with Crippen molar-refractivity contribution in [2.24, 2.45) is 5.41 Å². The first-order valence-electron chi connectivity index (χ1n) is 4.65. The number of amides is 1. The Morgan fingerprint density at radius 2 is 2.23 bits per heavy atom. The minimum atomic E-state index is 0.0857. The monoisotopic (exact) mass is 186 g/mol. The van der Waals surface area contributed by atoms with E-state index >= 15 is 0 Å². The fourth-order valence-corrected chi connectivity index (χ4v) is 1.27. The average Bonchev–Trinajstić information content (AvgIpc) is 2.09. The normalized spacial score (nSPS) is 19.2. The zero-order valence-electron chi connectivity index (χ0n) is 8.35. The molecule has 76 valence electrons. The molecule has 2 N–H and O–H groups in total. The van der Waals surface area contributed by atoms with E-state index in [4.69, 9.17) is 4.74 Å². The van der Waals surface area contributed by atoms with Gasteiger partial charge in [0.15, 0.2) is 0 Å². The highest BCUT2D eigenvalue weighted by molar-refractivity contribution is 5.75. The van der Waals surface area contributed by atoms with Crippen LogP contribution in [0.4, 0.5) is 0 Å². The minimum Gasteiger partial charge on any atom is -0.380 e. The Kier molecular flexibility index (Phi) is 3.69. The van der Waals surface area contributed by atoms with Crippen LogP contribution in [-0.2, 0) is 9.53 Å². The van der Waals surface area contributed by atoms with Gasteiger partial charge < -0.3 is 15.4 Å². The number of carbonyl (C=O) groups is 1. The lowest BCUT2D eigenvalue weighted by Crippen LogP contribution is -2.47. The Morgan fingerprint density at radius 3 is 2.69 bits per heavy atom. The zero-order valence-corrected chi connectivity index (χ0v) is 8.35. The molecule has 13 heavy (non-hydrogen) atoms. The van der Waals surface area contributed by atoms with Crippen LogP contribution in [0.5, 0.6) is 0 Å². The first-order chi connectivity index (χ1) is 6.16. The zero-order chi connectivity index (χ0) is 9.73. The van der Waals surface area contributed by atoms with Crippen LogP contribution >= 0.6 is 0 Å². The third-order valence-corrected chi connectivity index (χ3v) is 2.26. The molecule has 1 heterocycles. The molecule has 4 nitrogen and oxygen atoms in total. The summed E-state index contributed by atoms with van der Waals surface area (Å²) in [5.74, 6) is 0.0857. The lowest BCUT2D eigenvalue weighted by Gasteiger charge is -2.38. The van der Waals surface area contributed by atoms with Gasteiger partial charge in [-0.15, -0.1) is 0 Å². The molecule has 0 radical (unpaired) electrons. The van der Waals surface area contributed by atoms with Gasteiger partial charge in [0.25, 0.3) is 0 Å². The van der Waals surface area contributed by atoms with Crippen molar-refractivity contribution in [3.63, 3.8) is 0 Å². The third kappa shape index (κ3) is 3.32. The minimum absolute atomic E-state index is 0.0857. The lowest BCUT2D eigenvalue weighted by molar-refractivity contribution is -0.120. The van der Waals surface area contributed by atoms with Crippen LogP contribution < -0.4 is 10.6 Å². The highest BCUT2D eigenvalue weighted by Gasteiger charge is 2.32. The van der Waals surface area contributed by atoms with Crippen molar-refractivity contribution in [2.75, 3.05) is 33.4 Å². The van der Waals surface area contributed by atoms with Crippen molar-refractivity contribution in [3.8, 4) is 0 Å². The number of rotatable bonds is 5. The lowest BCUT2D eigenvalue weighted by atomic mass is 9.89. The molecule has 1 amide bonds. The van der Waals surface area contributed by atoms with Gasteiger partial charge in [0, 0.05) is 32.0 Å². The summed E-state index contributed by atoms with van der Waals surface area (Å²) in [5.41, 5.74) is 0.294. The highest BCUT2D eigenvalue weighted by Crippen LogP contribution is 2.24. The largest absolute Gasteiger partial charge is 0.380 e. The van der Waals surface area contributed by atoms with E-state index in [-0.39, 0.29) is 5.91 Å². The molecule has 0 aromatic carbocycles. The molecule has 1 aliphatic heterocycles. The SMILES string of the molecule is CNC(=O)CCNCC1(C)COC1. The number of hydrogen-bond acceptors (Lipinski definition) is 3. The van der Waals surface area contributed by atoms with E-state index < -0.39 is 0 Å². The molecular weight excluding hydrogens is 168 g/mol. The van der Waals surface area contributed by atoms with Crippen molar-refractivity contribution >= 4 is 5.91 Å². The molecular formula is C9H18N2O2. The first-order valence-corrected chi connectivity index (χ1v) is 4.65. The molecule has 0 aliphatic carbocycles. The first kappa shape index (κ1) is 10.5. The summed E-state index contributed by atoms with van der Waals surface area (Å²) in [4.78, 5) is 10.8. The summed E-state index contributed by atoms with van der Waals surface area (Å²) in [6, 6.07) is 0. The number of hydrogen-bond donors (Lipinski definition) is 2. The molecule has 1 saturated heterocycles. The van der Waals surface area contributed by atoms with E-state index in [0.717, 1.165) is 26.3 Å². The molecule has 0 saturated carbocycles. The van der Waals surface area contributed by atoms with Crippen molar-refractivity contribution < 1.29 is 9.53 Å². The van der Waals surface area contributed by atoms with E-state index in [1.165, 1.54) is 0 Å². The standard InChI is InChI=1S/C9H18N2O2/c1-9(6-13-7-9)5-11-4-3-8(12)10-2/h11H,3-7H2,1-2H3,(H,10,12). The summed E-state index contributed by atoms with van der Waals surface area (Å²) in [7, 11) is 1.66. The predicted molar refractivity (Wildman–Crippen MR) is 50.5 cm³/mol. The molecule has 1 fully saturated rings.